The van der Waals surface area contributed by atoms with Crippen LogP contribution in [0.2, 0.25) is 0 Å². The van der Waals surface area contributed by atoms with Crippen LogP contribution in [0.15, 0.2) is 0 Å². The largest absolute Gasteiger partial charge is 0.393 e. The first-order valence-electron chi connectivity index (χ1n) is 6.12. The topological polar surface area (TPSA) is 29.5 Å². The first-order valence-corrected chi connectivity index (χ1v) is 6.12. The summed E-state index contributed by atoms with van der Waals surface area (Å²) in [7, 11) is 0. The summed E-state index contributed by atoms with van der Waals surface area (Å²) in [6.45, 7) is 3.01. The van der Waals surface area contributed by atoms with Crippen molar-refractivity contribution in [2.45, 2.75) is 70.5 Å². The molecule has 0 radical (unpaired) electrons. The van der Waals surface area contributed by atoms with E-state index in [0.717, 1.165) is 19.4 Å². The van der Waals surface area contributed by atoms with Crippen LogP contribution < -0.4 is 0 Å². The van der Waals surface area contributed by atoms with E-state index in [0.29, 0.717) is 6.10 Å². The van der Waals surface area contributed by atoms with Gasteiger partial charge in [0.2, 0.25) is 0 Å². The summed E-state index contributed by atoms with van der Waals surface area (Å²) >= 11 is 0. The quantitative estimate of drug-likeness (QED) is 0.640. The Kier molecular flexibility index (Phi) is 6.20. The van der Waals surface area contributed by atoms with Crippen LogP contribution in [0, 0.1) is 0 Å². The molecule has 1 fully saturated rings. The van der Waals surface area contributed by atoms with Crippen LogP contribution in [-0.2, 0) is 4.74 Å². The molecule has 2 atom stereocenters. The summed E-state index contributed by atoms with van der Waals surface area (Å²) in [6.07, 6.45) is 9.76. The molecule has 0 saturated carbocycles. The molecule has 1 rings (SSSR count). The van der Waals surface area contributed by atoms with Gasteiger partial charge in [-0.2, -0.15) is 0 Å². The Morgan fingerprint density at radius 1 is 1.36 bits per heavy atom. The maximum atomic E-state index is 9.34. The van der Waals surface area contributed by atoms with E-state index in [1.165, 1.54) is 38.5 Å². The van der Waals surface area contributed by atoms with Crippen LogP contribution in [0.5, 0.6) is 0 Å². The Morgan fingerprint density at radius 3 is 2.86 bits per heavy atom. The molecule has 14 heavy (non-hydrogen) atoms. The minimum absolute atomic E-state index is 0.0715. The van der Waals surface area contributed by atoms with Crippen LogP contribution in [0.3, 0.4) is 0 Å². The highest BCUT2D eigenvalue weighted by molar-refractivity contribution is 4.64. The Bertz CT molecular complexity index is 130. The second-order valence-electron chi connectivity index (χ2n) is 4.34. The second-order valence-corrected chi connectivity index (χ2v) is 4.34. The van der Waals surface area contributed by atoms with Gasteiger partial charge in [0.1, 0.15) is 0 Å². The fraction of sp³-hybridized carbons (Fsp3) is 1.00. The number of hydrogen-bond donors (Lipinski definition) is 1. The third-order valence-electron chi connectivity index (χ3n) is 3.06. The SMILES string of the molecule is CCC(O)CCCCCC1CCCO1. The molecule has 1 saturated heterocycles. The van der Waals surface area contributed by atoms with Gasteiger partial charge in [-0.1, -0.05) is 26.2 Å². The monoisotopic (exact) mass is 200 g/mol. The van der Waals surface area contributed by atoms with Gasteiger partial charge in [0.05, 0.1) is 12.2 Å². The summed E-state index contributed by atoms with van der Waals surface area (Å²) in [6, 6.07) is 0. The van der Waals surface area contributed by atoms with Crippen LogP contribution in [0.4, 0.5) is 0 Å². The van der Waals surface area contributed by atoms with Crippen molar-refractivity contribution in [3.63, 3.8) is 0 Å². The van der Waals surface area contributed by atoms with E-state index < -0.39 is 0 Å². The van der Waals surface area contributed by atoms with Gasteiger partial charge >= 0.3 is 0 Å². The molecule has 2 unspecified atom stereocenters. The van der Waals surface area contributed by atoms with Crippen molar-refractivity contribution >= 4 is 0 Å². The van der Waals surface area contributed by atoms with Crippen LogP contribution in [-0.4, -0.2) is 23.9 Å². The third kappa shape index (κ3) is 4.97. The first kappa shape index (κ1) is 12.0. The number of ether oxygens (including phenoxy) is 1. The van der Waals surface area contributed by atoms with E-state index in [9.17, 15) is 5.11 Å². The lowest BCUT2D eigenvalue weighted by Gasteiger charge is -2.09. The van der Waals surface area contributed by atoms with Crippen LogP contribution >= 0.6 is 0 Å². The fourth-order valence-electron chi connectivity index (χ4n) is 2.00. The standard InChI is InChI=1S/C12H24O2/c1-2-11(13)7-4-3-5-8-12-9-6-10-14-12/h11-13H,2-10H2,1H3. The highest BCUT2D eigenvalue weighted by Gasteiger charge is 2.14. The minimum Gasteiger partial charge on any atom is -0.393 e. The van der Waals surface area contributed by atoms with Gasteiger partial charge in [-0.15, -0.1) is 0 Å². The fourth-order valence-corrected chi connectivity index (χ4v) is 2.00. The number of rotatable bonds is 7. The van der Waals surface area contributed by atoms with Crippen molar-refractivity contribution in [1.29, 1.82) is 0 Å². The Morgan fingerprint density at radius 2 is 2.21 bits per heavy atom. The molecule has 0 aromatic carbocycles. The molecule has 1 aliphatic heterocycles. The lowest BCUT2D eigenvalue weighted by Crippen LogP contribution is -2.05. The summed E-state index contributed by atoms with van der Waals surface area (Å²) in [5.41, 5.74) is 0. The molecule has 0 amide bonds. The predicted molar refractivity (Wildman–Crippen MR) is 58.4 cm³/mol. The number of unbranched alkanes of at least 4 members (excludes halogenated alkanes) is 2. The van der Waals surface area contributed by atoms with Gasteiger partial charge < -0.3 is 9.84 Å². The molecule has 84 valence electrons. The molecule has 0 aliphatic carbocycles. The van der Waals surface area contributed by atoms with Gasteiger partial charge in [-0.3, -0.25) is 0 Å². The smallest absolute Gasteiger partial charge is 0.0576 e. The first-order chi connectivity index (χ1) is 6.83. The summed E-state index contributed by atoms with van der Waals surface area (Å²) in [5.74, 6) is 0. The molecule has 1 aliphatic rings. The van der Waals surface area contributed by atoms with Crippen molar-refractivity contribution in [1.82, 2.24) is 0 Å². The van der Waals surface area contributed by atoms with Crippen molar-refractivity contribution < 1.29 is 9.84 Å². The predicted octanol–water partition coefficient (Wildman–Crippen LogP) is 2.89. The zero-order valence-corrected chi connectivity index (χ0v) is 9.37. The Balaban J connectivity index is 1.84. The molecule has 0 bridgehead atoms. The minimum atomic E-state index is -0.0715. The van der Waals surface area contributed by atoms with Gasteiger partial charge in [0.15, 0.2) is 0 Å². The van der Waals surface area contributed by atoms with Gasteiger partial charge in [0.25, 0.3) is 0 Å². The highest BCUT2D eigenvalue weighted by Crippen LogP contribution is 2.18. The van der Waals surface area contributed by atoms with Crippen LogP contribution in [0.1, 0.15) is 58.3 Å². The van der Waals surface area contributed by atoms with E-state index in [1.807, 2.05) is 6.92 Å². The molecule has 1 heterocycles. The number of hydrogen-bond acceptors (Lipinski definition) is 2. The average Bonchev–Trinajstić information content (AvgIpc) is 2.69. The molecular weight excluding hydrogens is 176 g/mol. The Hall–Kier alpha value is -0.0800. The number of aliphatic hydroxyl groups excluding tert-OH is 1. The molecule has 2 heteroatoms. The van der Waals surface area contributed by atoms with Crippen LogP contribution in [0.25, 0.3) is 0 Å². The van der Waals surface area contributed by atoms with Crippen molar-refractivity contribution in [2.24, 2.45) is 0 Å². The average molecular weight is 200 g/mol. The van der Waals surface area contributed by atoms with Crippen molar-refractivity contribution in [2.75, 3.05) is 6.61 Å². The zero-order chi connectivity index (χ0) is 10.2. The molecule has 0 spiro atoms. The molecule has 0 aromatic heterocycles. The highest BCUT2D eigenvalue weighted by atomic mass is 16.5. The summed E-state index contributed by atoms with van der Waals surface area (Å²) in [5, 5.41) is 9.34. The molecule has 0 aromatic rings. The lowest BCUT2D eigenvalue weighted by atomic mass is 10.0. The maximum Gasteiger partial charge on any atom is 0.0576 e. The normalized spacial score (nSPS) is 24.0. The van der Waals surface area contributed by atoms with Crippen molar-refractivity contribution in [3.8, 4) is 0 Å². The summed E-state index contributed by atoms with van der Waals surface area (Å²) < 4.78 is 5.55. The van der Waals surface area contributed by atoms with Crippen molar-refractivity contribution in [3.05, 3.63) is 0 Å². The van der Waals surface area contributed by atoms with Gasteiger partial charge in [0, 0.05) is 6.61 Å². The second kappa shape index (κ2) is 7.24. The van der Waals surface area contributed by atoms with E-state index in [-0.39, 0.29) is 6.10 Å². The molecule has 2 nitrogen and oxygen atoms in total. The van der Waals surface area contributed by atoms with Gasteiger partial charge in [-0.25, -0.2) is 0 Å². The summed E-state index contributed by atoms with van der Waals surface area (Å²) in [4.78, 5) is 0. The molecule has 1 N–H and O–H groups in total. The van der Waals surface area contributed by atoms with E-state index in [4.69, 9.17) is 4.74 Å². The zero-order valence-electron chi connectivity index (χ0n) is 9.37. The van der Waals surface area contributed by atoms with E-state index >= 15 is 0 Å². The number of aliphatic hydroxyl groups is 1. The Labute approximate surface area is 87.7 Å². The van der Waals surface area contributed by atoms with E-state index in [2.05, 4.69) is 0 Å². The van der Waals surface area contributed by atoms with E-state index in [1.54, 1.807) is 0 Å². The third-order valence-corrected chi connectivity index (χ3v) is 3.06. The van der Waals surface area contributed by atoms with Gasteiger partial charge in [-0.05, 0) is 32.1 Å². The molecular formula is C12H24O2. The maximum absolute atomic E-state index is 9.34. The lowest BCUT2D eigenvalue weighted by molar-refractivity contribution is 0.101.